The van der Waals surface area contributed by atoms with Crippen LogP contribution in [0.2, 0.25) is 0 Å². The molecular weight excluding hydrogens is 368 g/mol. The Labute approximate surface area is 169 Å². The highest BCUT2D eigenvalue weighted by atomic mass is 32.2. The van der Waals surface area contributed by atoms with Crippen LogP contribution in [0.3, 0.4) is 0 Å². The largest absolute Gasteiger partial charge is 0.335 e. The van der Waals surface area contributed by atoms with Crippen LogP contribution in [0.4, 0.5) is 0 Å². The fourth-order valence-corrected chi connectivity index (χ4v) is 4.11. The molecule has 2 aromatic carbocycles. The van der Waals surface area contributed by atoms with Crippen molar-refractivity contribution in [2.24, 2.45) is 0 Å². The number of rotatable bonds is 7. The number of carbonyl (C=O) groups is 1. The van der Waals surface area contributed by atoms with Crippen molar-refractivity contribution in [1.82, 2.24) is 19.7 Å². The summed E-state index contributed by atoms with van der Waals surface area (Å²) in [4.78, 5) is 15.0. The Balaban J connectivity index is 1.46. The van der Waals surface area contributed by atoms with Gasteiger partial charge in [-0.2, -0.15) is 0 Å². The van der Waals surface area contributed by atoms with Crippen LogP contribution >= 0.6 is 11.8 Å². The molecule has 0 atom stereocenters. The molecule has 0 bridgehead atoms. The van der Waals surface area contributed by atoms with E-state index in [1.54, 1.807) is 0 Å². The maximum Gasteiger partial charge on any atom is 0.233 e. The molecule has 0 spiro atoms. The van der Waals surface area contributed by atoms with Crippen LogP contribution in [0.15, 0.2) is 59.8 Å². The fourth-order valence-electron chi connectivity index (χ4n) is 3.22. The highest BCUT2D eigenvalue weighted by Gasteiger charge is 2.32. The van der Waals surface area contributed by atoms with Gasteiger partial charge < -0.3 is 4.90 Å². The predicted octanol–water partition coefficient (Wildman–Crippen LogP) is 4.17. The highest BCUT2D eigenvalue weighted by molar-refractivity contribution is 7.99. The third-order valence-electron chi connectivity index (χ3n) is 4.92. The topological polar surface area (TPSA) is 51.0 Å². The molecule has 0 saturated heterocycles. The lowest BCUT2D eigenvalue weighted by Gasteiger charge is -2.22. The zero-order valence-electron chi connectivity index (χ0n) is 16.2. The SMILES string of the molecule is Cc1ccc(-n2c(C)nnc2SCC(=O)N(Cc2ccccc2)C2CC2)cc1. The van der Waals surface area contributed by atoms with Crippen LogP contribution in [0, 0.1) is 13.8 Å². The lowest BCUT2D eigenvalue weighted by atomic mass is 10.2. The van der Waals surface area contributed by atoms with Gasteiger partial charge in [0.2, 0.25) is 5.91 Å². The van der Waals surface area contributed by atoms with Gasteiger partial charge in [-0.05, 0) is 44.4 Å². The summed E-state index contributed by atoms with van der Waals surface area (Å²) in [5, 5.41) is 9.27. The molecule has 144 valence electrons. The standard InChI is InChI=1S/C22H24N4OS/c1-16-8-10-20(11-9-16)26-17(2)23-24-22(26)28-15-21(27)25(19-12-13-19)14-18-6-4-3-5-7-18/h3-11,19H,12-15H2,1-2H3. The molecule has 0 radical (unpaired) electrons. The lowest BCUT2D eigenvalue weighted by molar-refractivity contribution is -0.129. The number of hydrogen-bond acceptors (Lipinski definition) is 4. The molecule has 3 aromatic rings. The van der Waals surface area contributed by atoms with E-state index in [4.69, 9.17) is 0 Å². The smallest absolute Gasteiger partial charge is 0.233 e. The fraction of sp³-hybridized carbons (Fsp3) is 0.318. The van der Waals surface area contributed by atoms with Gasteiger partial charge >= 0.3 is 0 Å². The van der Waals surface area contributed by atoms with Crippen LogP contribution in [0.5, 0.6) is 0 Å². The number of benzene rings is 2. The van der Waals surface area contributed by atoms with Crippen molar-refractivity contribution in [2.75, 3.05) is 5.75 Å². The average Bonchev–Trinajstić information content (AvgIpc) is 3.48. The summed E-state index contributed by atoms with van der Waals surface area (Å²) in [6, 6.07) is 18.8. The molecule has 1 aromatic heterocycles. The molecule has 28 heavy (non-hydrogen) atoms. The Kier molecular flexibility index (Phi) is 5.48. The molecule has 1 aliphatic rings. The van der Waals surface area contributed by atoms with Gasteiger partial charge in [0, 0.05) is 18.3 Å². The number of amides is 1. The van der Waals surface area contributed by atoms with E-state index < -0.39 is 0 Å². The van der Waals surface area contributed by atoms with Crippen molar-refractivity contribution in [3.05, 3.63) is 71.5 Å². The summed E-state index contributed by atoms with van der Waals surface area (Å²) in [6.07, 6.45) is 2.20. The van der Waals surface area contributed by atoms with Crippen molar-refractivity contribution in [3.63, 3.8) is 0 Å². The van der Waals surface area contributed by atoms with E-state index in [1.165, 1.54) is 22.9 Å². The molecule has 1 heterocycles. The van der Waals surface area contributed by atoms with E-state index in [0.29, 0.717) is 18.3 Å². The quantitative estimate of drug-likeness (QED) is 0.567. The third kappa shape index (κ3) is 4.28. The minimum absolute atomic E-state index is 0.160. The Morgan fingerprint density at radius 1 is 1.07 bits per heavy atom. The normalized spacial score (nSPS) is 13.5. The molecule has 1 amide bonds. The van der Waals surface area contributed by atoms with Gasteiger partial charge in [0.15, 0.2) is 5.16 Å². The zero-order chi connectivity index (χ0) is 19.5. The predicted molar refractivity (Wildman–Crippen MR) is 112 cm³/mol. The second-order valence-corrected chi connectivity index (χ2v) is 8.17. The minimum Gasteiger partial charge on any atom is -0.335 e. The Bertz CT molecular complexity index is 948. The summed E-state index contributed by atoms with van der Waals surface area (Å²) in [5.74, 6) is 1.35. The molecular formula is C22H24N4OS. The summed E-state index contributed by atoms with van der Waals surface area (Å²) < 4.78 is 2.01. The van der Waals surface area contributed by atoms with Gasteiger partial charge in [-0.3, -0.25) is 9.36 Å². The van der Waals surface area contributed by atoms with E-state index >= 15 is 0 Å². The summed E-state index contributed by atoms with van der Waals surface area (Å²) in [5.41, 5.74) is 3.40. The number of hydrogen-bond donors (Lipinski definition) is 0. The molecule has 0 unspecified atom stereocenters. The highest BCUT2D eigenvalue weighted by Crippen LogP contribution is 2.30. The zero-order valence-corrected chi connectivity index (χ0v) is 17.0. The number of thioether (sulfide) groups is 1. The number of carbonyl (C=O) groups excluding carboxylic acids is 1. The van der Waals surface area contributed by atoms with E-state index in [1.807, 2.05) is 34.6 Å². The monoisotopic (exact) mass is 392 g/mol. The van der Waals surface area contributed by atoms with Gasteiger partial charge in [0.05, 0.1) is 5.75 Å². The number of aryl methyl sites for hydroxylation is 2. The first-order valence-electron chi connectivity index (χ1n) is 9.57. The molecule has 4 rings (SSSR count). The Morgan fingerprint density at radius 3 is 2.46 bits per heavy atom. The molecule has 0 aliphatic heterocycles. The van der Waals surface area contributed by atoms with E-state index in [-0.39, 0.29) is 5.91 Å². The van der Waals surface area contributed by atoms with Crippen molar-refractivity contribution < 1.29 is 4.79 Å². The van der Waals surface area contributed by atoms with Crippen molar-refractivity contribution >= 4 is 17.7 Å². The van der Waals surface area contributed by atoms with E-state index in [2.05, 4.69) is 53.5 Å². The molecule has 1 fully saturated rings. The molecule has 1 aliphatic carbocycles. The number of nitrogens with zero attached hydrogens (tertiary/aromatic N) is 4. The van der Waals surface area contributed by atoms with Crippen molar-refractivity contribution in [3.8, 4) is 5.69 Å². The molecule has 5 nitrogen and oxygen atoms in total. The number of aromatic nitrogens is 3. The van der Waals surface area contributed by atoms with Crippen LogP contribution < -0.4 is 0 Å². The van der Waals surface area contributed by atoms with Gasteiger partial charge in [0.1, 0.15) is 5.82 Å². The first kappa shape index (κ1) is 18.7. The first-order chi connectivity index (χ1) is 13.6. The average molecular weight is 393 g/mol. The summed E-state index contributed by atoms with van der Waals surface area (Å²) in [6.45, 7) is 4.68. The second-order valence-electron chi connectivity index (χ2n) is 7.23. The van der Waals surface area contributed by atoms with Gasteiger partial charge in [-0.1, -0.05) is 59.8 Å². The van der Waals surface area contributed by atoms with Crippen LogP contribution in [-0.4, -0.2) is 37.4 Å². The van der Waals surface area contributed by atoms with Gasteiger partial charge in [-0.25, -0.2) is 0 Å². The molecule has 6 heteroatoms. The van der Waals surface area contributed by atoms with Crippen LogP contribution in [0.1, 0.15) is 29.8 Å². The summed E-state index contributed by atoms with van der Waals surface area (Å²) >= 11 is 1.46. The molecule has 1 saturated carbocycles. The van der Waals surface area contributed by atoms with Crippen molar-refractivity contribution in [1.29, 1.82) is 0 Å². The van der Waals surface area contributed by atoms with Crippen molar-refractivity contribution in [2.45, 2.75) is 44.4 Å². The lowest BCUT2D eigenvalue weighted by Crippen LogP contribution is -2.34. The van der Waals surface area contributed by atoms with Gasteiger partial charge in [0.25, 0.3) is 0 Å². The minimum atomic E-state index is 0.160. The first-order valence-corrected chi connectivity index (χ1v) is 10.6. The maximum atomic E-state index is 12.9. The Morgan fingerprint density at radius 2 is 1.79 bits per heavy atom. The maximum absolute atomic E-state index is 12.9. The summed E-state index contributed by atoms with van der Waals surface area (Å²) in [7, 11) is 0. The van der Waals surface area contributed by atoms with E-state index in [0.717, 1.165) is 29.5 Å². The van der Waals surface area contributed by atoms with E-state index in [9.17, 15) is 4.79 Å². The van der Waals surface area contributed by atoms with Gasteiger partial charge in [-0.15, -0.1) is 10.2 Å². The van der Waals surface area contributed by atoms with Crippen LogP contribution in [-0.2, 0) is 11.3 Å². The third-order valence-corrected chi connectivity index (χ3v) is 5.83. The van der Waals surface area contributed by atoms with Crippen LogP contribution in [0.25, 0.3) is 5.69 Å². The second kappa shape index (κ2) is 8.19. The Hall–Kier alpha value is -2.60. The molecule has 0 N–H and O–H groups in total.